The van der Waals surface area contributed by atoms with Crippen molar-refractivity contribution in [3.05, 3.63) is 24.3 Å². The van der Waals surface area contributed by atoms with E-state index in [-0.39, 0.29) is 5.75 Å². The smallest absolute Gasteiger partial charge is 0.214 e. The third kappa shape index (κ3) is 3.36. The van der Waals surface area contributed by atoms with E-state index in [1.165, 1.54) is 18.2 Å². The maximum atomic E-state index is 10.5. The van der Waals surface area contributed by atoms with Crippen molar-refractivity contribution in [3.8, 4) is 11.4 Å². The van der Waals surface area contributed by atoms with Gasteiger partial charge in [-0.3, -0.25) is 0 Å². The molecule has 0 bridgehead atoms. The molecule has 2 N–H and O–H groups in total. The number of aromatic hydroxyl groups is 1. The van der Waals surface area contributed by atoms with Gasteiger partial charge in [0.2, 0.25) is 5.16 Å². The van der Waals surface area contributed by atoms with Crippen LogP contribution in [0.3, 0.4) is 0 Å². The molecule has 112 valence electrons. The Kier molecular flexibility index (Phi) is 4.12. The van der Waals surface area contributed by atoms with Crippen molar-refractivity contribution in [1.29, 1.82) is 0 Å². The summed E-state index contributed by atoms with van der Waals surface area (Å²) in [6.07, 6.45) is 5.07. The first kappa shape index (κ1) is 14.3. The summed E-state index contributed by atoms with van der Waals surface area (Å²) in [5.41, 5.74) is 0.185. The van der Waals surface area contributed by atoms with Crippen LogP contribution in [0.2, 0.25) is 0 Å². The van der Waals surface area contributed by atoms with E-state index >= 15 is 0 Å². The van der Waals surface area contributed by atoms with Crippen LogP contribution < -0.4 is 0 Å². The highest BCUT2D eigenvalue weighted by atomic mass is 32.2. The fraction of sp³-hybridized carbons (Fsp3) is 0.500. The molecule has 7 heteroatoms. The molecule has 2 aromatic rings. The van der Waals surface area contributed by atoms with Gasteiger partial charge in [0.1, 0.15) is 5.75 Å². The van der Waals surface area contributed by atoms with Gasteiger partial charge in [0.05, 0.1) is 11.3 Å². The first-order valence-corrected chi connectivity index (χ1v) is 8.08. The Hall–Kier alpha value is -1.60. The topological polar surface area (TPSA) is 84.1 Å². The van der Waals surface area contributed by atoms with Gasteiger partial charge in [0.25, 0.3) is 0 Å². The van der Waals surface area contributed by atoms with Gasteiger partial charge in [-0.05, 0) is 47.5 Å². The van der Waals surface area contributed by atoms with E-state index < -0.39 is 5.60 Å². The number of hydrogen-bond donors (Lipinski definition) is 2. The molecule has 21 heavy (non-hydrogen) atoms. The number of rotatable bonds is 4. The average molecular weight is 306 g/mol. The lowest BCUT2D eigenvalue weighted by molar-refractivity contribution is 0.0272. The van der Waals surface area contributed by atoms with Crippen molar-refractivity contribution in [2.45, 2.75) is 42.9 Å². The van der Waals surface area contributed by atoms with Gasteiger partial charge >= 0.3 is 0 Å². The summed E-state index contributed by atoms with van der Waals surface area (Å²) in [4.78, 5) is 0. The lowest BCUT2D eigenvalue weighted by Crippen LogP contribution is -2.34. The second-order valence-electron chi connectivity index (χ2n) is 5.46. The first-order valence-electron chi connectivity index (χ1n) is 7.09. The predicted molar refractivity (Wildman–Crippen MR) is 79.6 cm³/mol. The molecular weight excluding hydrogens is 288 g/mol. The van der Waals surface area contributed by atoms with Crippen molar-refractivity contribution in [2.24, 2.45) is 0 Å². The Morgan fingerprint density at radius 1 is 1.14 bits per heavy atom. The van der Waals surface area contributed by atoms with Gasteiger partial charge in [0, 0.05) is 5.75 Å². The lowest BCUT2D eigenvalue weighted by atomic mass is 9.86. The van der Waals surface area contributed by atoms with Gasteiger partial charge in [-0.15, -0.1) is 5.10 Å². The van der Waals surface area contributed by atoms with E-state index in [0.717, 1.165) is 31.4 Å². The second kappa shape index (κ2) is 6.03. The first-order chi connectivity index (χ1) is 10.2. The van der Waals surface area contributed by atoms with Crippen LogP contribution in [0.1, 0.15) is 32.1 Å². The summed E-state index contributed by atoms with van der Waals surface area (Å²) in [6, 6.07) is 6.70. The van der Waals surface area contributed by atoms with E-state index in [2.05, 4.69) is 15.5 Å². The zero-order valence-corrected chi connectivity index (χ0v) is 12.5. The maximum Gasteiger partial charge on any atom is 0.214 e. The molecule has 0 aliphatic heterocycles. The number of phenolic OH excluding ortho intramolecular Hbond substituents is 1. The quantitative estimate of drug-likeness (QED) is 0.842. The minimum atomic E-state index is -0.603. The number of aliphatic hydroxyl groups is 1. The maximum absolute atomic E-state index is 10.5. The predicted octanol–water partition coefficient (Wildman–Crippen LogP) is 2.16. The summed E-state index contributed by atoms with van der Waals surface area (Å²) in [6.45, 7) is 0. The number of tetrazole rings is 1. The summed E-state index contributed by atoms with van der Waals surface area (Å²) in [7, 11) is 0. The number of benzene rings is 1. The summed E-state index contributed by atoms with van der Waals surface area (Å²) >= 11 is 1.47. The number of hydrogen-bond acceptors (Lipinski definition) is 6. The zero-order valence-electron chi connectivity index (χ0n) is 11.6. The monoisotopic (exact) mass is 306 g/mol. The Labute approximate surface area is 127 Å². The van der Waals surface area contributed by atoms with Gasteiger partial charge in [-0.1, -0.05) is 31.0 Å². The second-order valence-corrected chi connectivity index (χ2v) is 6.41. The molecule has 0 atom stereocenters. The van der Waals surface area contributed by atoms with Crippen molar-refractivity contribution in [3.63, 3.8) is 0 Å². The minimum Gasteiger partial charge on any atom is -0.508 e. The molecule has 0 amide bonds. The largest absolute Gasteiger partial charge is 0.508 e. The molecule has 0 saturated heterocycles. The standard InChI is InChI=1S/C14H18N4O2S/c19-12-6-4-11(5-7-12)18-13(15-16-17-18)21-10-14(20)8-2-1-3-9-14/h4-7,19-20H,1-3,8-10H2. The number of aromatic nitrogens is 4. The Morgan fingerprint density at radius 3 is 2.57 bits per heavy atom. The normalized spacial score (nSPS) is 17.8. The number of nitrogens with zero attached hydrogens (tertiary/aromatic N) is 4. The molecule has 1 aromatic carbocycles. The average Bonchev–Trinajstić information content (AvgIpc) is 2.95. The molecule has 3 rings (SSSR count). The van der Waals surface area contributed by atoms with E-state index in [9.17, 15) is 10.2 Å². The SMILES string of the molecule is Oc1ccc(-n2nnnc2SCC2(O)CCCCC2)cc1. The molecule has 1 aliphatic rings. The molecule has 1 aliphatic carbocycles. The molecule has 0 unspecified atom stereocenters. The summed E-state index contributed by atoms with van der Waals surface area (Å²) in [5, 5.41) is 32.2. The number of thioether (sulfide) groups is 1. The Morgan fingerprint density at radius 2 is 1.86 bits per heavy atom. The van der Waals surface area contributed by atoms with E-state index in [1.807, 2.05) is 0 Å². The highest BCUT2D eigenvalue weighted by Gasteiger charge is 2.30. The van der Waals surface area contributed by atoms with Crippen LogP contribution in [0.4, 0.5) is 0 Å². The van der Waals surface area contributed by atoms with E-state index in [0.29, 0.717) is 10.9 Å². The van der Waals surface area contributed by atoms with Gasteiger partial charge in [-0.25, -0.2) is 0 Å². The van der Waals surface area contributed by atoms with Crippen molar-refractivity contribution >= 4 is 11.8 Å². The fourth-order valence-corrected chi connectivity index (χ4v) is 3.62. The highest BCUT2D eigenvalue weighted by molar-refractivity contribution is 7.99. The third-order valence-electron chi connectivity index (χ3n) is 3.79. The van der Waals surface area contributed by atoms with Crippen LogP contribution >= 0.6 is 11.8 Å². The summed E-state index contributed by atoms with van der Waals surface area (Å²) < 4.78 is 1.62. The van der Waals surface area contributed by atoms with Crippen molar-refractivity contribution in [1.82, 2.24) is 20.2 Å². The molecule has 0 radical (unpaired) electrons. The van der Waals surface area contributed by atoms with Crippen molar-refractivity contribution < 1.29 is 10.2 Å². The van der Waals surface area contributed by atoms with Crippen LogP contribution in [0.5, 0.6) is 5.75 Å². The van der Waals surface area contributed by atoms with E-state index in [1.54, 1.807) is 28.9 Å². The zero-order chi connectivity index (χ0) is 14.7. The molecule has 1 heterocycles. The van der Waals surface area contributed by atoms with Gasteiger partial charge in [0.15, 0.2) is 0 Å². The van der Waals surface area contributed by atoms with Crippen LogP contribution in [0.15, 0.2) is 29.4 Å². The molecular formula is C14H18N4O2S. The molecule has 6 nitrogen and oxygen atoms in total. The van der Waals surface area contributed by atoms with E-state index in [4.69, 9.17) is 0 Å². The molecule has 1 aromatic heterocycles. The number of phenols is 1. The summed E-state index contributed by atoms with van der Waals surface area (Å²) in [5.74, 6) is 0.809. The Bertz CT molecular complexity index is 593. The van der Waals surface area contributed by atoms with Gasteiger partial charge in [-0.2, -0.15) is 4.68 Å². The Balaban J connectivity index is 1.72. The van der Waals surface area contributed by atoms with Crippen LogP contribution in [-0.4, -0.2) is 41.8 Å². The molecule has 0 spiro atoms. The van der Waals surface area contributed by atoms with Crippen LogP contribution in [0.25, 0.3) is 5.69 Å². The fourth-order valence-electron chi connectivity index (χ4n) is 2.58. The lowest BCUT2D eigenvalue weighted by Gasteiger charge is -2.31. The third-order valence-corrected chi connectivity index (χ3v) is 4.98. The van der Waals surface area contributed by atoms with Crippen LogP contribution in [-0.2, 0) is 0 Å². The van der Waals surface area contributed by atoms with Crippen LogP contribution in [0, 0.1) is 0 Å². The van der Waals surface area contributed by atoms with Crippen molar-refractivity contribution in [2.75, 3.05) is 5.75 Å². The minimum absolute atomic E-state index is 0.206. The molecule has 1 saturated carbocycles. The highest BCUT2D eigenvalue weighted by Crippen LogP contribution is 2.33. The molecule has 1 fully saturated rings. The van der Waals surface area contributed by atoms with Gasteiger partial charge < -0.3 is 10.2 Å².